The van der Waals surface area contributed by atoms with Gasteiger partial charge < -0.3 is 39.2 Å². The van der Waals surface area contributed by atoms with Gasteiger partial charge in [-0.25, -0.2) is 4.79 Å². The Balaban J connectivity index is 0.000000631. The van der Waals surface area contributed by atoms with Gasteiger partial charge >= 0.3 is 11.9 Å². The topological polar surface area (TPSA) is 147 Å². The standard InChI is InChI=1S/C27H39NO5.C2H2O4/c1-18-7-5-10-27(2)15-25-20(14-22(18)27)21(26(30)33-25)17-28(11-6-12-29)16-19-8-9-23(31-3)24(13-19)32-4;3-1(4)2(5)6/h8-9,13-14,18,20-21,25,29H,5-7,10-12,15-17H2,1-4H3;(H,3,4)(H,5,6). The van der Waals surface area contributed by atoms with E-state index in [1.807, 2.05) is 18.2 Å². The lowest BCUT2D eigenvalue weighted by Crippen LogP contribution is -3.11. The number of aliphatic carboxylic acids is 2. The molecule has 10 nitrogen and oxygen atoms in total. The molecule has 3 N–H and O–H groups in total. The fraction of sp³-hybridized carbons (Fsp3) is 0.621. The van der Waals surface area contributed by atoms with E-state index < -0.39 is 11.9 Å². The largest absolute Gasteiger partial charge is 0.539 e. The molecule has 10 heteroatoms. The van der Waals surface area contributed by atoms with E-state index in [9.17, 15) is 9.90 Å². The number of methoxy groups -OCH3 is 2. The average molecular weight is 548 g/mol. The molecule has 6 unspecified atom stereocenters. The summed E-state index contributed by atoms with van der Waals surface area (Å²) < 4.78 is 16.8. The Kier molecular flexibility index (Phi) is 10.4. The quantitative estimate of drug-likeness (QED) is 0.230. The van der Waals surface area contributed by atoms with Crippen molar-refractivity contribution in [2.24, 2.45) is 23.2 Å². The van der Waals surface area contributed by atoms with Crippen molar-refractivity contribution in [3.8, 4) is 11.5 Å². The first-order valence-corrected chi connectivity index (χ1v) is 13.5. The van der Waals surface area contributed by atoms with Crippen LogP contribution in [0.3, 0.4) is 0 Å². The van der Waals surface area contributed by atoms with Gasteiger partial charge in [0, 0.05) is 24.5 Å². The third kappa shape index (κ3) is 7.30. The number of hydrogen-bond donors (Lipinski definition) is 3. The minimum absolute atomic E-state index is 0.00159. The summed E-state index contributed by atoms with van der Waals surface area (Å²) in [4.78, 5) is 32.3. The number of nitrogens with one attached hydrogen (secondary N) is 1. The summed E-state index contributed by atoms with van der Waals surface area (Å²) in [5.41, 5.74) is 2.85. The molecule has 1 aromatic carbocycles. The van der Waals surface area contributed by atoms with E-state index in [0.29, 0.717) is 30.4 Å². The number of carboxylic acids is 2. The highest BCUT2D eigenvalue weighted by atomic mass is 16.6. The first kappa shape index (κ1) is 30.4. The lowest BCUT2D eigenvalue weighted by atomic mass is 9.59. The number of ether oxygens (including phenoxy) is 3. The molecule has 0 spiro atoms. The zero-order chi connectivity index (χ0) is 28.7. The summed E-state index contributed by atoms with van der Waals surface area (Å²) in [6, 6.07) is 5.98. The molecule has 1 saturated carbocycles. The molecule has 0 aromatic heterocycles. The lowest BCUT2D eigenvalue weighted by molar-refractivity contribution is -0.916. The molecule has 1 saturated heterocycles. The van der Waals surface area contributed by atoms with Crippen molar-refractivity contribution in [1.29, 1.82) is 0 Å². The molecule has 6 atom stereocenters. The van der Waals surface area contributed by atoms with Crippen LogP contribution >= 0.6 is 0 Å². The van der Waals surface area contributed by atoms with Crippen LogP contribution in [0.5, 0.6) is 11.5 Å². The molecule has 4 rings (SSSR count). The predicted molar refractivity (Wildman–Crippen MR) is 139 cm³/mol. The second kappa shape index (κ2) is 13.3. The number of hydrogen-bond acceptors (Lipinski definition) is 8. The number of rotatable bonds is 9. The van der Waals surface area contributed by atoms with Crippen molar-refractivity contribution in [2.75, 3.05) is 33.9 Å². The van der Waals surface area contributed by atoms with E-state index in [-0.39, 0.29) is 35.9 Å². The fourth-order valence-corrected chi connectivity index (χ4v) is 6.46. The first-order valence-electron chi connectivity index (χ1n) is 13.5. The van der Waals surface area contributed by atoms with E-state index in [1.165, 1.54) is 24.2 Å². The summed E-state index contributed by atoms with van der Waals surface area (Å²) in [5, 5.41) is 25.8. The summed E-state index contributed by atoms with van der Waals surface area (Å²) in [5.74, 6) is -2.02. The van der Waals surface area contributed by atoms with Crippen molar-refractivity contribution in [1.82, 2.24) is 0 Å². The Morgan fingerprint density at radius 2 is 1.92 bits per heavy atom. The van der Waals surface area contributed by atoms with Crippen LogP contribution in [0.2, 0.25) is 0 Å². The zero-order valence-electron chi connectivity index (χ0n) is 23.2. The third-order valence-corrected chi connectivity index (χ3v) is 8.36. The highest BCUT2D eigenvalue weighted by Gasteiger charge is 2.52. The minimum atomic E-state index is -2.07. The molecule has 39 heavy (non-hydrogen) atoms. The molecule has 2 fully saturated rings. The Morgan fingerprint density at radius 1 is 1.23 bits per heavy atom. The van der Waals surface area contributed by atoms with Crippen LogP contribution in [-0.4, -0.2) is 68.1 Å². The molecular formula is C29H41NO9. The molecule has 0 bridgehead atoms. The van der Waals surface area contributed by atoms with E-state index in [0.717, 1.165) is 25.1 Å². The molecule has 0 radical (unpaired) electrons. The first-order chi connectivity index (χ1) is 18.5. The van der Waals surface area contributed by atoms with Crippen LogP contribution in [0.25, 0.3) is 0 Å². The van der Waals surface area contributed by atoms with Crippen molar-refractivity contribution >= 4 is 17.9 Å². The Bertz CT molecular complexity index is 1060. The molecule has 1 heterocycles. The Hall–Kier alpha value is -3.11. The van der Waals surface area contributed by atoms with Crippen molar-refractivity contribution < 1.29 is 48.8 Å². The molecule has 1 aromatic rings. The average Bonchev–Trinajstić information content (AvgIpc) is 3.19. The summed E-state index contributed by atoms with van der Waals surface area (Å²) in [7, 11) is 3.28. The monoisotopic (exact) mass is 547 g/mol. The van der Waals surface area contributed by atoms with Crippen molar-refractivity contribution in [3.63, 3.8) is 0 Å². The molecular weight excluding hydrogens is 506 g/mol. The lowest BCUT2D eigenvalue weighted by Gasteiger charge is -2.46. The molecule has 0 amide bonds. The van der Waals surface area contributed by atoms with Gasteiger partial charge in [0.05, 0.1) is 27.3 Å². The van der Waals surface area contributed by atoms with Gasteiger partial charge in [0.25, 0.3) is 0 Å². The molecule has 1 aliphatic heterocycles. The smallest absolute Gasteiger partial charge is 0.351 e. The van der Waals surface area contributed by atoms with Gasteiger partial charge in [-0.15, -0.1) is 0 Å². The number of aliphatic hydroxyl groups is 1. The summed E-state index contributed by atoms with van der Waals surface area (Å²) in [6.07, 6.45) is 7.78. The molecule has 216 valence electrons. The zero-order valence-corrected chi connectivity index (χ0v) is 23.2. The third-order valence-electron chi connectivity index (χ3n) is 8.36. The maximum atomic E-state index is 13.0. The second-order valence-electron chi connectivity index (χ2n) is 11.1. The van der Waals surface area contributed by atoms with Crippen LogP contribution in [0.1, 0.15) is 51.5 Å². The number of quaternary nitrogens is 1. The van der Waals surface area contributed by atoms with Crippen LogP contribution in [0, 0.1) is 23.2 Å². The number of allylic oxidation sites excluding steroid dienone is 1. The number of carbonyl (C=O) groups is 3. The van der Waals surface area contributed by atoms with E-state index in [1.54, 1.807) is 19.8 Å². The molecule has 2 aliphatic carbocycles. The van der Waals surface area contributed by atoms with Gasteiger partial charge in [-0.2, -0.15) is 0 Å². The SMILES string of the molecule is COc1ccc(C[NH+](CCCO)CC2C(=O)OC3CC4(C)CCCC(C)C4=CC32)cc1OC.O=C([O-])C(=O)O. The maximum Gasteiger partial charge on any atom is 0.351 e. The van der Waals surface area contributed by atoms with Gasteiger partial charge in [-0.3, -0.25) is 4.79 Å². The predicted octanol–water partition coefficient (Wildman–Crippen LogP) is 0.606. The molecule has 3 aliphatic rings. The van der Waals surface area contributed by atoms with Crippen LogP contribution in [0.15, 0.2) is 29.8 Å². The minimum Gasteiger partial charge on any atom is -0.539 e. The second-order valence-corrected chi connectivity index (χ2v) is 11.1. The number of aliphatic hydroxyl groups excluding tert-OH is 1. The van der Waals surface area contributed by atoms with Gasteiger partial charge in [-0.05, 0) is 48.8 Å². The summed E-state index contributed by atoms with van der Waals surface area (Å²) in [6.45, 7) is 7.12. The van der Waals surface area contributed by atoms with E-state index in [2.05, 4.69) is 19.9 Å². The van der Waals surface area contributed by atoms with Crippen molar-refractivity contribution in [3.05, 3.63) is 35.4 Å². The van der Waals surface area contributed by atoms with Crippen LogP contribution in [-0.2, 0) is 25.7 Å². The highest BCUT2D eigenvalue weighted by molar-refractivity contribution is 6.26. The van der Waals surface area contributed by atoms with Gasteiger partial charge in [0.15, 0.2) is 17.5 Å². The van der Waals surface area contributed by atoms with Gasteiger partial charge in [0.2, 0.25) is 0 Å². The van der Waals surface area contributed by atoms with Crippen molar-refractivity contribution in [2.45, 2.75) is 58.6 Å². The fourth-order valence-electron chi connectivity index (χ4n) is 6.46. The van der Waals surface area contributed by atoms with Crippen LogP contribution < -0.4 is 19.5 Å². The normalized spacial score (nSPS) is 28.0. The Morgan fingerprint density at radius 3 is 2.54 bits per heavy atom. The van der Waals surface area contributed by atoms with Crippen LogP contribution in [0.4, 0.5) is 0 Å². The number of benzene rings is 1. The van der Waals surface area contributed by atoms with Gasteiger partial charge in [-0.1, -0.05) is 31.9 Å². The number of carbonyl (C=O) groups excluding carboxylic acids is 2. The Labute approximate surface area is 229 Å². The van der Waals surface area contributed by atoms with E-state index >= 15 is 0 Å². The van der Waals surface area contributed by atoms with Gasteiger partial charge in [0.1, 0.15) is 18.6 Å². The highest BCUT2D eigenvalue weighted by Crippen LogP contribution is 2.53. The maximum absolute atomic E-state index is 13.0. The summed E-state index contributed by atoms with van der Waals surface area (Å²) >= 11 is 0. The number of esters is 1. The van der Waals surface area contributed by atoms with E-state index in [4.69, 9.17) is 34.0 Å². The number of fused-ring (bicyclic) bond motifs is 2. The number of carboxylic acid groups (broad SMARTS) is 2.